The van der Waals surface area contributed by atoms with Crippen LogP contribution < -0.4 is 10.1 Å². The largest absolute Gasteiger partial charge is 0.494 e. The number of H-pyrrole nitrogens is 1. The van der Waals surface area contributed by atoms with Crippen LogP contribution in [0.25, 0.3) is 11.4 Å². The fourth-order valence-electron chi connectivity index (χ4n) is 2.94. The van der Waals surface area contributed by atoms with Crippen LogP contribution in [0.2, 0.25) is 0 Å². The van der Waals surface area contributed by atoms with Crippen molar-refractivity contribution in [3.05, 3.63) is 34.0 Å². The Morgan fingerprint density at radius 3 is 2.77 bits per heavy atom. The third kappa shape index (κ3) is 5.96. The number of aromatic nitrogens is 5. The van der Waals surface area contributed by atoms with E-state index in [1.54, 1.807) is 0 Å². The molecule has 2 aromatic heterocycles. The van der Waals surface area contributed by atoms with Crippen LogP contribution in [0.4, 0.5) is 5.13 Å². The third-order valence-corrected chi connectivity index (χ3v) is 5.66. The van der Waals surface area contributed by atoms with Crippen molar-refractivity contribution < 1.29 is 9.53 Å². The maximum Gasteiger partial charge on any atom is 0.227 e. The maximum atomic E-state index is 12.4. The summed E-state index contributed by atoms with van der Waals surface area (Å²) in [6.45, 7) is 5.13. The summed E-state index contributed by atoms with van der Waals surface area (Å²) >= 11 is 6.78. The van der Waals surface area contributed by atoms with Gasteiger partial charge in [0, 0.05) is 24.9 Å². The number of hydrogen-bond donors (Lipinski definition) is 2. The summed E-state index contributed by atoms with van der Waals surface area (Å²) in [6, 6.07) is 7.63. The van der Waals surface area contributed by atoms with Crippen LogP contribution in [0, 0.1) is 4.77 Å². The van der Waals surface area contributed by atoms with Crippen molar-refractivity contribution in [1.29, 1.82) is 0 Å². The van der Waals surface area contributed by atoms with Crippen LogP contribution in [0.5, 0.6) is 5.75 Å². The first kappa shape index (κ1) is 22.1. The molecule has 3 aromatic rings. The van der Waals surface area contributed by atoms with Crippen molar-refractivity contribution in [2.45, 2.75) is 52.5 Å². The molecule has 10 heteroatoms. The number of nitrogens with one attached hydrogen (secondary N) is 2. The summed E-state index contributed by atoms with van der Waals surface area (Å²) in [6.07, 6.45) is 4.58. The number of anilines is 1. The smallest absolute Gasteiger partial charge is 0.227 e. The fraction of sp³-hybridized carbons (Fsp3) is 0.450. The molecule has 0 aliphatic carbocycles. The van der Waals surface area contributed by atoms with Gasteiger partial charge >= 0.3 is 0 Å². The molecule has 0 radical (unpaired) electrons. The molecular formula is C20H26N6O2S2. The van der Waals surface area contributed by atoms with Crippen molar-refractivity contribution in [2.24, 2.45) is 0 Å². The molecule has 0 unspecified atom stereocenters. The van der Waals surface area contributed by atoms with Gasteiger partial charge in [0.1, 0.15) is 10.8 Å². The van der Waals surface area contributed by atoms with Gasteiger partial charge in [-0.15, -0.1) is 10.2 Å². The lowest BCUT2D eigenvalue weighted by molar-refractivity contribution is -0.116. The Hall–Kier alpha value is -2.59. The van der Waals surface area contributed by atoms with Crippen LogP contribution >= 0.6 is 23.6 Å². The van der Waals surface area contributed by atoms with Crippen LogP contribution in [0.1, 0.15) is 44.5 Å². The van der Waals surface area contributed by atoms with Gasteiger partial charge < -0.3 is 10.1 Å². The highest BCUT2D eigenvalue weighted by molar-refractivity contribution is 7.71. The number of carbonyl (C=O) groups excluding carboxylic acids is 1. The number of benzene rings is 1. The van der Waals surface area contributed by atoms with Gasteiger partial charge in [0.15, 0.2) is 10.6 Å². The van der Waals surface area contributed by atoms with Gasteiger partial charge in [0.2, 0.25) is 11.0 Å². The number of aryl methyl sites for hydroxylation is 1. The van der Waals surface area contributed by atoms with Crippen LogP contribution in [-0.4, -0.2) is 37.5 Å². The summed E-state index contributed by atoms with van der Waals surface area (Å²) in [7, 11) is 0. The van der Waals surface area contributed by atoms with Crippen molar-refractivity contribution >= 4 is 34.6 Å². The van der Waals surface area contributed by atoms with Gasteiger partial charge in [-0.25, -0.2) is 0 Å². The average Bonchev–Trinajstić information content (AvgIpc) is 3.34. The second-order valence-electron chi connectivity index (χ2n) is 6.72. The zero-order chi connectivity index (χ0) is 21.3. The zero-order valence-electron chi connectivity index (χ0n) is 17.2. The van der Waals surface area contributed by atoms with Crippen LogP contribution in [0.3, 0.4) is 0 Å². The van der Waals surface area contributed by atoms with E-state index in [-0.39, 0.29) is 12.3 Å². The van der Waals surface area contributed by atoms with Gasteiger partial charge in [0.25, 0.3) is 0 Å². The van der Waals surface area contributed by atoms with Crippen molar-refractivity contribution in [1.82, 2.24) is 25.0 Å². The number of aromatic amines is 1. The second kappa shape index (κ2) is 11.0. The molecule has 0 aliphatic rings. The summed E-state index contributed by atoms with van der Waals surface area (Å²) < 4.78 is 7.77. The van der Waals surface area contributed by atoms with E-state index in [4.69, 9.17) is 17.0 Å². The molecule has 0 saturated heterocycles. The molecule has 8 nitrogen and oxygen atoms in total. The van der Waals surface area contributed by atoms with Crippen molar-refractivity contribution in [3.63, 3.8) is 0 Å². The zero-order valence-corrected chi connectivity index (χ0v) is 18.8. The second-order valence-corrected chi connectivity index (χ2v) is 8.17. The molecule has 3 rings (SSSR count). The first-order valence-electron chi connectivity index (χ1n) is 10.1. The molecule has 1 amide bonds. The lowest BCUT2D eigenvalue weighted by Crippen LogP contribution is -2.15. The Bertz CT molecular complexity index is 1010. The maximum absolute atomic E-state index is 12.4. The summed E-state index contributed by atoms with van der Waals surface area (Å²) in [4.78, 5) is 12.4. The van der Waals surface area contributed by atoms with E-state index in [2.05, 4.69) is 32.6 Å². The highest BCUT2D eigenvalue weighted by Crippen LogP contribution is 2.22. The van der Waals surface area contributed by atoms with E-state index >= 15 is 0 Å². The molecule has 1 aromatic carbocycles. The minimum absolute atomic E-state index is 0.132. The number of nitrogens with zero attached hydrogens (tertiary/aromatic N) is 4. The van der Waals surface area contributed by atoms with E-state index < -0.39 is 0 Å². The Balaban J connectivity index is 1.59. The van der Waals surface area contributed by atoms with Gasteiger partial charge in [0.05, 0.1) is 6.61 Å². The third-order valence-electron chi connectivity index (χ3n) is 4.45. The molecule has 2 N–H and O–H groups in total. The number of ether oxygens (including phenoxy) is 1. The molecular weight excluding hydrogens is 420 g/mol. The van der Waals surface area contributed by atoms with Gasteiger partial charge in [-0.1, -0.05) is 31.1 Å². The minimum Gasteiger partial charge on any atom is -0.494 e. The van der Waals surface area contributed by atoms with E-state index in [0.717, 1.165) is 35.6 Å². The molecule has 0 aliphatic heterocycles. The molecule has 0 fully saturated rings. The minimum atomic E-state index is -0.132. The number of amides is 1. The van der Waals surface area contributed by atoms with E-state index in [1.165, 1.54) is 17.8 Å². The van der Waals surface area contributed by atoms with E-state index in [1.807, 2.05) is 35.8 Å². The SMILES string of the molecule is CCCCCc1nnc(NC(=O)CCn2c(-c3ccc(OCC)cc3)n[nH]c2=S)s1. The molecule has 0 atom stereocenters. The van der Waals surface area contributed by atoms with Crippen LogP contribution in [0.15, 0.2) is 24.3 Å². The predicted octanol–water partition coefficient (Wildman–Crippen LogP) is 4.62. The molecule has 0 bridgehead atoms. The van der Waals surface area contributed by atoms with E-state index in [0.29, 0.717) is 28.9 Å². The molecule has 0 spiro atoms. The normalized spacial score (nSPS) is 10.9. The monoisotopic (exact) mass is 446 g/mol. The topological polar surface area (TPSA) is 97.7 Å². The van der Waals surface area contributed by atoms with E-state index in [9.17, 15) is 4.79 Å². The summed E-state index contributed by atoms with van der Waals surface area (Å²) in [5.74, 6) is 1.35. The van der Waals surface area contributed by atoms with Gasteiger partial charge in [-0.05, 0) is 49.8 Å². The van der Waals surface area contributed by atoms with Crippen molar-refractivity contribution in [3.8, 4) is 17.1 Å². The summed E-state index contributed by atoms with van der Waals surface area (Å²) in [5, 5.41) is 19.7. The lowest BCUT2D eigenvalue weighted by atomic mass is 10.2. The number of unbranched alkanes of at least 4 members (excludes halogenated alkanes) is 2. The highest BCUT2D eigenvalue weighted by Gasteiger charge is 2.13. The van der Waals surface area contributed by atoms with Gasteiger partial charge in [-0.3, -0.25) is 14.5 Å². The van der Waals surface area contributed by atoms with Gasteiger partial charge in [-0.2, -0.15) is 5.10 Å². The standard InChI is InChI=1S/C20H26N6O2S2/c1-3-5-6-7-17-22-24-19(30-17)21-16(27)12-13-26-18(23-25-20(26)29)14-8-10-15(11-9-14)28-4-2/h8-11H,3-7,12-13H2,1-2H3,(H,25,29)(H,21,24,27). The fourth-order valence-corrected chi connectivity index (χ4v) is 3.96. The Morgan fingerprint density at radius 1 is 1.23 bits per heavy atom. The lowest BCUT2D eigenvalue weighted by Gasteiger charge is -2.08. The molecule has 160 valence electrons. The Kier molecular flexibility index (Phi) is 8.09. The number of hydrogen-bond acceptors (Lipinski definition) is 7. The first-order valence-corrected chi connectivity index (χ1v) is 11.3. The first-order chi connectivity index (χ1) is 14.6. The average molecular weight is 447 g/mol. The van der Waals surface area contributed by atoms with Crippen molar-refractivity contribution in [2.75, 3.05) is 11.9 Å². The molecule has 30 heavy (non-hydrogen) atoms. The molecule has 2 heterocycles. The Morgan fingerprint density at radius 2 is 2.03 bits per heavy atom. The van der Waals surface area contributed by atoms with Crippen LogP contribution in [-0.2, 0) is 17.8 Å². The predicted molar refractivity (Wildman–Crippen MR) is 120 cm³/mol. The number of carbonyl (C=O) groups is 1. The summed E-state index contributed by atoms with van der Waals surface area (Å²) in [5.41, 5.74) is 0.895. The quantitative estimate of drug-likeness (QED) is 0.329. The molecule has 0 saturated carbocycles. The number of rotatable bonds is 11. The highest BCUT2D eigenvalue weighted by atomic mass is 32.1. The Labute approximate surface area is 184 Å².